The zero-order valence-electron chi connectivity index (χ0n) is 7.12. The Morgan fingerprint density at radius 1 is 1.46 bits per heavy atom. The SMILES string of the molecule is CNC(=O)C(O)c1ccc(Cl)cc1. The molecule has 70 valence electrons. The molecule has 1 aromatic carbocycles. The molecule has 1 unspecified atom stereocenters. The van der Waals surface area contributed by atoms with Crippen molar-refractivity contribution in [3.63, 3.8) is 0 Å². The molecular formula is C9H10ClNO2. The van der Waals surface area contributed by atoms with Gasteiger partial charge in [0.15, 0.2) is 6.10 Å². The molecule has 1 aromatic rings. The smallest absolute Gasteiger partial charge is 0.253 e. The second kappa shape index (κ2) is 4.25. The summed E-state index contributed by atoms with van der Waals surface area (Å²) in [5.74, 6) is -0.428. The van der Waals surface area contributed by atoms with Crippen LogP contribution < -0.4 is 5.32 Å². The number of benzene rings is 1. The predicted molar refractivity (Wildman–Crippen MR) is 50.5 cm³/mol. The van der Waals surface area contributed by atoms with Crippen LogP contribution in [0.5, 0.6) is 0 Å². The van der Waals surface area contributed by atoms with Crippen molar-refractivity contribution in [2.75, 3.05) is 7.05 Å². The molecule has 0 heterocycles. The number of nitrogens with one attached hydrogen (secondary N) is 1. The molecule has 0 fully saturated rings. The number of amides is 1. The van der Waals surface area contributed by atoms with E-state index in [0.29, 0.717) is 10.6 Å². The minimum Gasteiger partial charge on any atom is -0.378 e. The lowest BCUT2D eigenvalue weighted by Crippen LogP contribution is -2.25. The highest BCUT2D eigenvalue weighted by Crippen LogP contribution is 2.16. The standard InChI is InChI=1S/C9H10ClNO2/c1-11-9(13)8(12)6-2-4-7(10)5-3-6/h2-5,8,12H,1H3,(H,11,13). The van der Waals surface area contributed by atoms with E-state index in [4.69, 9.17) is 11.6 Å². The Morgan fingerprint density at radius 3 is 2.46 bits per heavy atom. The normalized spacial score (nSPS) is 12.2. The number of halogens is 1. The summed E-state index contributed by atoms with van der Waals surface area (Å²) in [5.41, 5.74) is 0.531. The van der Waals surface area contributed by atoms with E-state index in [0.717, 1.165) is 0 Å². The van der Waals surface area contributed by atoms with E-state index in [2.05, 4.69) is 5.32 Å². The van der Waals surface area contributed by atoms with Gasteiger partial charge in [-0.2, -0.15) is 0 Å². The summed E-state index contributed by atoms with van der Waals surface area (Å²) in [4.78, 5) is 11.0. The molecule has 1 amide bonds. The average molecular weight is 200 g/mol. The summed E-state index contributed by atoms with van der Waals surface area (Å²) < 4.78 is 0. The van der Waals surface area contributed by atoms with Gasteiger partial charge in [-0.1, -0.05) is 23.7 Å². The summed E-state index contributed by atoms with van der Waals surface area (Å²) in [6.45, 7) is 0. The van der Waals surface area contributed by atoms with Crippen LogP contribution in [0.25, 0.3) is 0 Å². The van der Waals surface area contributed by atoms with E-state index in [-0.39, 0.29) is 0 Å². The van der Waals surface area contributed by atoms with E-state index in [1.807, 2.05) is 0 Å². The summed E-state index contributed by atoms with van der Waals surface area (Å²) in [6.07, 6.45) is -1.12. The topological polar surface area (TPSA) is 49.3 Å². The number of aliphatic hydroxyl groups is 1. The predicted octanol–water partition coefficient (Wildman–Crippen LogP) is 1.12. The first kappa shape index (κ1) is 10.0. The highest BCUT2D eigenvalue weighted by atomic mass is 35.5. The van der Waals surface area contributed by atoms with Crippen LogP contribution in [-0.2, 0) is 4.79 Å². The Kier molecular flexibility index (Phi) is 3.28. The Bertz CT molecular complexity index is 297. The average Bonchev–Trinajstić information content (AvgIpc) is 2.17. The molecular weight excluding hydrogens is 190 g/mol. The maximum absolute atomic E-state index is 11.0. The number of rotatable bonds is 2. The van der Waals surface area contributed by atoms with Gasteiger partial charge in [-0.05, 0) is 17.7 Å². The lowest BCUT2D eigenvalue weighted by molar-refractivity contribution is -0.129. The zero-order valence-corrected chi connectivity index (χ0v) is 7.88. The van der Waals surface area contributed by atoms with Gasteiger partial charge in [0.25, 0.3) is 5.91 Å². The van der Waals surface area contributed by atoms with Gasteiger partial charge in [0, 0.05) is 12.1 Å². The molecule has 0 saturated heterocycles. The fourth-order valence-electron chi connectivity index (χ4n) is 0.933. The number of carbonyl (C=O) groups is 1. The Labute approximate surface area is 81.3 Å². The van der Waals surface area contributed by atoms with E-state index in [1.54, 1.807) is 24.3 Å². The van der Waals surface area contributed by atoms with Gasteiger partial charge >= 0.3 is 0 Å². The summed E-state index contributed by atoms with van der Waals surface area (Å²) in [5, 5.41) is 12.4. The van der Waals surface area contributed by atoms with Gasteiger partial charge in [-0.3, -0.25) is 4.79 Å². The monoisotopic (exact) mass is 199 g/mol. The van der Waals surface area contributed by atoms with Crippen molar-refractivity contribution in [1.29, 1.82) is 0 Å². The number of carbonyl (C=O) groups excluding carboxylic acids is 1. The molecule has 2 N–H and O–H groups in total. The second-order valence-electron chi connectivity index (χ2n) is 2.57. The molecule has 0 radical (unpaired) electrons. The lowest BCUT2D eigenvalue weighted by Gasteiger charge is -2.08. The fourth-order valence-corrected chi connectivity index (χ4v) is 1.06. The van der Waals surface area contributed by atoms with Crippen LogP contribution in [0, 0.1) is 0 Å². The summed E-state index contributed by atoms with van der Waals surface area (Å²) in [7, 11) is 1.47. The van der Waals surface area contributed by atoms with Crippen LogP contribution in [0.2, 0.25) is 5.02 Å². The first-order chi connectivity index (χ1) is 6.15. The van der Waals surface area contributed by atoms with Crippen molar-refractivity contribution in [1.82, 2.24) is 5.32 Å². The highest BCUT2D eigenvalue weighted by Gasteiger charge is 2.14. The van der Waals surface area contributed by atoms with Crippen molar-refractivity contribution < 1.29 is 9.90 Å². The minimum absolute atomic E-state index is 0.428. The van der Waals surface area contributed by atoms with Crippen molar-refractivity contribution in [2.45, 2.75) is 6.10 Å². The third-order valence-electron chi connectivity index (χ3n) is 1.68. The molecule has 1 atom stereocenters. The Morgan fingerprint density at radius 2 is 2.00 bits per heavy atom. The van der Waals surface area contributed by atoms with E-state index in [1.165, 1.54) is 7.05 Å². The van der Waals surface area contributed by atoms with Crippen LogP contribution in [-0.4, -0.2) is 18.1 Å². The number of hydrogen-bond acceptors (Lipinski definition) is 2. The lowest BCUT2D eigenvalue weighted by atomic mass is 10.1. The molecule has 0 aliphatic heterocycles. The maximum atomic E-state index is 11.0. The minimum atomic E-state index is -1.12. The molecule has 0 bridgehead atoms. The zero-order chi connectivity index (χ0) is 9.84. The van der Waals surface area contributed by atoms with Crippen LogP contribution in [0.1, 0.15) is 11.7 Å². The number of hydrogen-bond donors (Lipinski definition) is 2. The Hall–Kier alpha value is -1.06. The van der Waals surface area contributed by atoms with Gasteiger partial charge in [0.2, 0.25) is 0 Å². The second-order valence-corrected chi connectivity index (χ2v) is 3.00. The first-order valence-corrected chi connectivity index (χ1v) is 4.18. The number of aliphatic hydroxyl groups excluding tert-OH is 1. The highest BCUT2D eigenvalue weighted by molar-refractivity contribution is 6.30. The third-order valence-corrected chi connectivity index (χ3v) is 1.93. The molecule has 0 saturated carbocycles. The number of likely N-dealkylation sites (N-methyl/N-ethyl adjacent to an activating group) is 1. The van der Waals surface area contributed by atoms with Crippen molar-refractivity contribution in [3.8, 4) is 0 Å². The van der Waals surface area contributed by atoms with Crippen LogP contribution in [0.15, 0.2) is 24.3 Å². The van der Waals surface area contributed by atoms with Gasteiger partial charge in [-0.25, -0.2) is 0 Å². The molecule has 1 rings (SSSR count). The molecule has 3 nitrogen and oxygen atoms in total. The van der Waals surface area contributed by atoms with Crippen LogP contribution in [0.4, 0.5) is 0 Å². The molecule has 4 heteroatoms. The van der Waals surface area contributed by atoms with Crippen molar-refractivity contribution in [2.24, 2.45) is 0 Å². The molecule has 0 aliphatic carbocycles. The quantitative estimate of drug-likeness (QED) is 0.750. The molecule has 13 heavy (non-hydrogen) atoms. The van der Waals surface area contributed by atoms with Crippen LogP contribution >= 0.6 is 11.6 Å². The molecule has 0 aromatic heterocycles. The summed E-state index contributed by atoms with van der Waals surface area (Å²) in [6, 6.07) is 6.48. The maximum Gasteiger partial charge on any atom is 0.253 e. The molecule has 0 spiro atoms. The van der Waals surface area contributed by atoms with Crippen molar-refractivity contribution in [3.05, 3.63) is 34.9 Å². The van der Waals surface area contributed by atoms with E-state index >= 15 is 0 Å². The van der Waals surface area contributed by atoms with Gasteiger partial charge in [-0.15, -0.1) is 0 Å². The fraction of sp³-hybridized carbons (Fsp3) is 0.222. The van der Waals surface area contributed by atoms with Gasteiger partial charge < -0.3 is 10.4 Å². The van der Waals surface area contributed by atoms with Gasteiger partial charge in [0.05, 0.1) is 0 Å². The largest absolute Gasteiger partial charge is 0.378 e. The summed E-state index contributed by atoms with van der Waals surface area (Å²) >= 11 is 5.65. The molecule has 0 aliphatic rings. The third kappa shape index (κ3) is 2.44. The van der Waals surface area contributed by atoms with Crippen molar-refractivity contribution >= 4 is 17.5 Å². The van der Waals surface area contributed by atoms with Crippen LogP contribution in [0.3, 0.4) is 0 Å². The Balaban J connectivity index is 2.83. The van der Waals surface area contributed by atoms with E-state index < -0.39 is 12.0 Å². The van der Waals surface area contributed by atoms with E-state index in [9.17, 15) is 9.90 Å². The first-order valence-electron chi connectivity index (χ1n) is 3.80. The van der Waals surface area contributed by atoms with Gasteiger partial charge in [0.1, 0.15) is 0 Å².